The van der Waals surface area contributed by atoms with Crippen LogP contribution in [0, 0.1) is 5.41 Å². The lowest BCUT2D eigenvalue weighted by Crippen LogP contribution is -2.34. The summed E-state index contributed by atoms with van der Waals surface area (Å²) in [4.78, 5) is 16.4. The topological polar surface area (TPSA) is 88.2 Å². The highest BCUT2D eigenvalue weighted by Gasteiger charge is 2.19. The third kappa shape index (κ3) is 4.15. The first-order valence-electron chi connectivity index (χ1n) is 6.96. The number of hydrogen-bond donors (Lipinski definition) is 3. The van der Waals surface area contributed by atoms with E-state index in [1.807, 2.05) is 12.1 Å². The lowest BCUT2D eigenvalue weighted by molar-refractivity contribution is 0.0933. The minimum Gasteiger partial charge on any atom is -0.396 e. The molecule has 0 saturated heterocycles. The Bertz CT molecular complexity index is 637. The second-order valence-corrected chi connectivity index (χ2v) is 6.97. The van der Waals surface area contributed by atoms with E-state index in [1.54, 1.807) is 6.07 Å². The molecule has 6 heteroatoms. The molecule has 1 aromatic heterocycles. The number of nitrogens with zero attached hydrogens (tertiary/aromatic N) is 1. The molecule has 4 N–H and O–H groups in total. The average molecular weight is 307 g/mol. The Labute approximate surface area is 128 Å². The van der Waals surface area contributed by atoms with Crippen LogP contribution in [0.1, 0.15) is 37.0 Å². The third-order valence-corrected chi connectivity index (χ3v) is 4.25. The Morgan fingerprint density at radius 2 is 2.24 bits per heavy atom. The Hall–Kier alpha value is -1.66. The number of thiazole rings is 1. The van der Waals surface area contributed by atoms with Gasteiger partial charge in [0.1, 0.15) is 0 Å². The van der Waals surface area contributed by atoms with Gasteiger partial charge in [-0.1, -0.05) is 25.2 Å². The molecule has 2 rings (SSSR count). The van der Waals surface area contributed by atoms with Crippen molar-refractivity contribution in [2.75, 3.05) is 18.9 Å². The van der Waals surface area contributed by atoms with Crippen molar-refractivity contribution in [3.8, 4) is 0 Å². The summed E-state index contributed by atoms with van der Waals surface area (Å²) in [6, 6.07) is 5.39. The number of fused-ring (bicyclic) bond motifs is 1. The Balaban J connectivity index is 2.01. The van der Waals surface area contributed by atoms with Crippen molar-refractivity contribution in [3.05, 3.63) is 23.8 Å². The number of hydrogen-bond acceptors (Lipinski definition) is 5. The van der Waals surface area contributed by atoms with Crippen LogP contribution >= 0.6 is 11.3 Å². The molecule has 2 aromatic rings. The fourth-order valence-corrected chi connectivity index (χ4v) is 2.92. The molecule has 1 amide bonds. The maximum Gasteiger partial charge on any atom is 0.251 e. The van der Waals surface area contributed by atoms with E-state index in [4.69, 9.17) is 10.8 Å². The van der Waals surface area contributed by atoms with Crippen LogP contribution in [0.25, 0.3) is 10.2 Å². The van der Waals surface area contributed by atoms with Gasteiger partial charge in [-0.05, 0) is 36.5 Å². The largest absolute Gasteiger partial charge is 0.396 e. The van der Waals surface area contributed by atoms with Crippen molar-refractivity contribution in [3.63, 3.8) is 0 Å². The number of benzene rings is 1. The zero-order valence-electron chi connectivity index (χ0n) is 12.3. The van der Waals surface area contributed by atoms with Crippen LogP contribution in [-0.2, 0) is 0 Å². The lowest BCUT2D eigenvalue weighted by atomic mass is 9.88. The monoisotopic (exact) mass is 307 g/mol. The maximum absolute atomic E-state index is 12.2. The Morgan fingerprint density at radius 1 is 1.48 bits per heavy atom. The number of rotatable bonds is 6. The van der Waals surface area contributed by atoms with Crippen molar-refractivity contribution in [2.24, 2.45) is 5.41 Å². The van der Waals surface area contributed by atoms with Crippen LogP contribution < -0.4 is 11.1 Å². The minimum atomic E-state index is -0.0963. The van der Waals surface area contributed by atoms with E-state index in [0.29, 0.717) is 17.2 Å². The van der Waals surface area contributed by atoms with E-state index in [1.165, 1.54) is 11.3 Å². The quantitative estimate of drug-likeness (QED) is 0.764. The summed E-state index contributed by atoms with van der Waals surface area (Å²) in [6.07, 6.45) is 1.61. The molecule has 0 aliphatic rings. The predicted molar refractivity (Wildman–Crippen MR) is 86.5 cm³/mol. The van der Waals surface area contributed by atoms with E-state index >= 15 is 0 Å². The van der Waals surface area contributed by atoms with E-state index in [2.05, 4.69) is 24.1 Å². The number of carbonyl (C=O) groups is 1. The smallest absolute Gasteiger partial charge is 0.251 e. The van der Waals surface area contributed by atoms with Gasteiger partial charge in [0.05, 0.1) is 10.2 Å². The molecule has 0 spiro atoms. The van der Waals surface area contributed by atoms with Crippen LogP contribution in [0.3, 0.4) is 0 Å². The highest BCUT2D eigenvalue weighted by Crippen LogP contribution is 2.25. The van der Waals surface area contributed by atoms with Crippen molar-refractivity contribution < 1.29 is 9.90 Å². The van der Waals surface area contributed by atoms with Crippen molar-refractivity contribution >= 4 is 32.6 Å². The zero-order chi connectivity index (χ0) is 15.5. The molecule has 0 aliphatic heterocycles. The number of nitrogen functional groups attached to an aromatic ring is 1. The lowest BCUT2D eigenvalue weighted by Gasteiger charge is -2.24. The standard InChI is InChI=1S/C15H21N3O2S/c1-15(2,6-3-7-19)9-17-13(20)10-4-5-11-12(8-10)21-14(16)18-11/h4-5,8,19H,3,6-7,9H2,1-2H3,(H2,16,18)(H,17,20). The van der Waals surface area contributed by atoms with Crippen molar-refractivity contribution in [2.45, 2.75) is 26.7 Å². The highest BCUT2D eigenvalue weighted by atomic mass is 32.1. The van der Waals surface area contributed by atoms with Gasteiger partial charge in [0.2, 0.25) is 0 Å². The molecule has 0 fully saturated rings. The van der Waals surface area contributed by atoms with Crippen LogP contribution in [0.4, 0.5) is 5.13 Å². The van der Waals surface area contributed by atoms with Crippen LogP contribution in [0.2, 0.25) is 0 Å². The van der Waals surface area contributed by atoms with Crippen LogP contribution in [0.5, 0.6) is 0 Å². The van der Waals surface area contributed by atoms with Gasteiger partial charge in [0.15, 0.2) is 5.13 Å². The summed E-state index contributed by atoms with van der Waals surface area (Å²) in [6.45, 7) is 4.92. The second kappa shape index (κ2) is 6.41. The molecule has 0 aliphatic carbocycles. The predicted octanol–water partition coefficient (Wildman–Crippen LogP) is 2.41. The van der Waals surface area contributed by atoms with Gasteiger partial charge >= 0.3 is 0 Å². The van der Waals surface area contributed by atoms with Gasteiger partial charge in [0, 0.05) is 18.7 Å². The molecule has 0 bridgehead atoms. The second-order valence-electron chi connectivity index (χ2n) is 5.91. The third-order valence-electron chi connectivity index (χ3n) is 3.41. The molecule has 0 radical (unpaired) electrons. The summed E-state index contributed by atoms with van der Waals surface area (Å²) < 4.78 is 0.916. The fourth-order valence-electron chi connectivity index (χ4n) is 2.15. The molecule has 0 saturated carbocycles. The van der Waals surface area contributed by atoms with Crippen LogP contribution in [0.15, 0.2) is 18.2 Å². The Kier molecular flexibility index (Phi) is 4.80. The van der Waals surface area contributed by atoms with Gasteiger partial charge in [-0.3, -0.25) is 4.79 Å². The van der Waals surface area contributed by atoms with Gasteiger partial charge in [-0.25, -0.2) is 4.98 Å². The van der Waals surface area contributed by atoms with E-state index in [0.717, 1.165) is 23.1 Å². The summed E-state index contributed by atoms with van der Waals surface area (Å²) >= 11 is 1.38. The molecule has 1 heterocycles. The first-order valence-corrected chi connectivity index (χ1v) is 7.78. The molecule has 0 atom stereocenters. The van der Waals surface area contributed by atoms with E-state index in [-0.39, 0.29) is 17.9 Å². The number of amides is 1. The molecule has 21 heavy (non-hydrogen) atoms. The van der Waals surface area contributed by atoms with Gasteiger partial charge in [0.25, 0.3) is 5.91 Å². The number of nitrogens with two attached hydrogens (primary N) is 1. The number of aliphatic hydroxyl groups is 1. The first kappa shape index (κ1) is 15.7. The average Bonchev–Trinajstić information content (AvgIpc) is 2.81. The highest BCUT2D eigenvalue weighted by molar-refractivity contribution is 7.22. The summed E-state index contributed by atoms with van der Waals surface area (Å²) in [7, 11) is 0. The normalized spacial score (nSPS) is 11.8. The van der Waals surface area contributed by atoms with E-state index < -0.39 is 0 Å². The zero-order valence-corrected chi connectivity index (χ0v) is 13.2. The summed E-state index contributed by atoms with van der Waals surface area (Å²) in [5.74, 6) is -0.0963. The summed E-state index contributed by atoms with van der Waals surface area (Å²) in [5.41, 5.74) is 7.07. The van der Waals surface area contributed by atoms with Crippen LogP contribution in [-0.4, -0.2) is 29.1 Å². The van der Waals surface area contributed by atoms with Crippen molar-refractivity contribution in [1.29, 1.82) is 0 Å². The van der Waals surface area contributed by atoms with Gasteiger partial charge in [-0.15, -0.1) is 0 Å². The number of aromatic nitrogens is 1. The fraction of sp³-hybridized carbons (Fsp3) is 0.467. The van der Waals surface area contributed by atoms with Gasteiger partial charge < -0.3 is 16.2 Å². The van der Waals surface area contributed by atoms with E-state index in [9.17, 15) is 4.79 Å². The Morgan fingerprint density at radius 3 is 2.95 bits per heavy atom. The molecule has 0 unspecified atom stereocenters. The molecule has 1 aromatic carbocycles. The molecule has 114 valence electrons. The number of anilines is 1. The number of nitrogens with one attached hydrogen (secondary N) is 1. The minimum absolute atomic E-state index is 0.0304. The summed E-state index contributed by atoms with van der Waals surface area (Å²) in [5, 5.41) is 12.3. The number of aliphatic hydroxyl groups excluding tert-OH is 1. The SMILES string of the molecule is CC(C)(CCCO)CNC(=O)c1ccc2nc(N)sc2c1. The first-order chi connectivity index (χ1) is 9.91. The molecule has 5 nitrogen and oxygen atoms in total. The maximum atomic E-state index is 12.2. The molecular formula is C15H21N3O2S. The molecular weight excluding hydrogens is 286 g/mol. The van der Waals surface area contributed by atoms with Crippen molar-refractivity contribution in [1.82, 2.24) is 10.3 Å². The van der Waals surface area contributed by atoms with Gasteiger partial charge in [-0.2, -0.15) is 0 Å². The number of carbonyl (C=O) groups excluding carboxylic acids is 1.